The molecule has 0 saturated carbocycles. The van der Waals surface area contributed by atoms with Gasteiger partial charge in [0.15, 0.2) is 0 Å². The molecule has 0 aliphatic heterocycles. The summed E-state index contributed by atoms with van der Waals surface area (Å²) >= 11 is 0. The van der Waals surface area contributed by atoms with Crippen molar-refractivity contribution in [1.29, 1.82) is 0 Å². The zero-order chi connectivity index (χ0) is 41.4. The van der Waals surface area contributed by atoms with Crippen LogP contribution in [-0.2, 0) is 0 Å². The van der Waals surface area contributed by atoms with Crippen molar-refractivity contribution < 1.29 is 4.42 Å². The second-order valence-electron chi connectivity index (χ2n) is 16.3. The normalized spacial score (nSPS) is 13.0. The number of fused-ring (bicyclic) bond motifs is 9. The quantitative estimate of drug-likeness (QED) is 0.168. The first-order valence-electron chi connectivity index (χ1n) is 21.5. The Bertz CT molecular complexity index is 3870. The van der Waals surface area contributed by atoms with Gasteiger partial charge in [0.25, 0.3) is 0 Å². The maximum absolute atomic E-state index is 6.15. The van der Waals surface area contributed by atoms with Crippen molar-refractivity contribution in [3.05, 3.63) is 206 Å². The number of hydrogen-bond acceptors (Lipinski definition) is 4. The SMILES string of the molecule is C1=CC(c2cc(-c3ccccc3)cc(-n3c4ccccc4c4ccc(-c5cccc(-c6ccc7c(c6)c6ccccc6n7-c6ccc7oc8ccncc8c7c6)n5)cc43)n2)=CCC1. The first kappa shape index (κ1) is 35.4. The molecule has 0 saturated heterocycles. The number of para-hydroxylation sites is 2. The van der Waals surface area contributed by atoms with Crippen LogP contribution in [0.3, 0.4) is 0 Å². The van der Waals surface area contributed by atoms with Gasteiger partial charge in [0, 0.05) is 61.5 Å². The van der Waals surface area contributed by atoms with Gasteiger partial charge in [-0.25, -0.2) is 9.97 Å². The molecule has 13 rings (SSSR count). The molecule has 6 heterocycles. The summed E-state index contributed by atoms with van der Waals surface area (Å²) in [6, 6.07) is 60.5. The Morgan fingerprint density at radius 3 is 2.00 bits per heavy atom. The Kier molecular flexibility index (Phi) is 7.93. The minimum atomic E-state index is 0.839. The van der Waals surface area contributed by atoms with Crippen LogP contribution in [0.25, 0.3) is 116 Å². The van der Waals surface area contributed by atoms with Gasteiger partial charge in [-0.1, -0.05) is 109 Å². The van der Waals surface area contributed by atoms with Gasteiger partial charge in [0.05, 0.1) is 39.1 Å². The van der Waals surface area contributed by atoms with Gasteiger partial charge >= 0.3 is 0 Å². The van der Waals surface area contributed by atoms with E-state index in [1.54, 1.807) is 6.20 Å². The molecule has 0 N–H and O–H groups in total. The van der Waals surface area contributed by atoms with E-state index in [4.69, 9.17) is 14.4 Å². The van der Waals surface area contributed by atoms with E-state index in [-0.39, 0.29) is 0 Å². The lowest BCUT2D eigenvalue weighted by molar-refractivity contribution is 0.668. The molecule has 6 nitrogen and oxygen atoms in total. The zero-order valence-corrected chi connectivity index (χ0v) is 34.1. The maximum atomic E-state index is 6.15. The number of aromatic nitrogens is 5. The Balaban J connectivity index is 0.939. The van der Waals surface area contributed by atoms with Crippen LogP contribution >= 0.6 is 0 Å². The lowest BCUT2D eigenvalue weighted by Crippen LogP contribution is -2.02. The summed E-state index contributed by atoms with van der Waals surface area (Å²) in [6.45, 7) is 0. The number of benzene rings is 6. The van der Waals surface area contributed by atoms with Crippen molar-refractivity contribution in [2.24, 2.45) is 0 Å². The third-order valence-corrected chi connectivity index (χ3v) is 12.6. The number of nitrogens with zero attached hydrogens (tertiary/aromatic N) is 5. The molecule has 6 heteroatoms. The lowest BCUT2D eigenvalue weighted by Gasteiger charge is -2.14. The summed E-state index contributed by atoms with van der Waals surface area (Å²) in [5.74, 6) is 0.888. The highest BCUT2D eigenvalue weighted by atomic mass is 16.3. The van der Waals surface area contributed by atoms with Gasteiger partial charge in [-0.3, -0.25) is 9.55 Å². The van der Waals surface area contributed by atoms with Crippen LogP contribution in [0.15, 0.2) is 205 Å². The summed E-state index contributed by atoms with van der Waals surface area (Å²) in [6.07, 6.45) is 12.5. The molecule has 1 aliphatic carbocycles. The second-order valence-corrected chi connectivity index (χ2v) is 16.3. The molecule has 6 aromatic heterocycles. The molecule has 0 bridgehead atoms. The first-order valence-corrected chi connectivity index (χ1v) is 21.5. The first-order chi connectivity index (χ1) is 31.2. The van der Waals surface area contributed by atoms with Crippen LogP contribution < -0.4 is 0 Å². The molecule has 0 spiro atoms. The van der Waals surface area contributed by atoms with Crippen molar-refractivity contribution in [3.63, 3.8) is 0 Å². The van der Waals surface area contributed by atoms with Gasteiger partial charge < -0.3 is 8.98 Å². The van der Waals surface area contributed by atoms with Crippen LogP contribution in [-0.4, -0.2) is 24.1 Å². The second kappa shape index (κ2) is 14.1. The van der Waals surface area contributed by atoms with E-state index in [1.807, 2.05) is 12.3 Å². The van der Waals surface area contributed by atoms with Crippen LogP contribution in [0, 0.1) is 0 Å². The van der Waals surface area contributed by atoms with Crippen LogP contribution in [0.2, 0.25) is 0 Å². The van der Waals surface area contributed by atoms with Crippen LogP contribution in [0.5, 0.6) is 0 Å². The predicted octanol–water partition coefficient (Wildman–Crippen LogP) is 14.7. The smallest absolute Gasteiger partial charge is 0.138 e. The van der Waals surface area contributed by atoms with Crippen molar-refractivity contribution in [2.45, 2.75) is 12.8 Å². The highest BCUT2D eigenvalue weighted by Crippen LogP contribution is 2.39. The Labute approximate surface area is 362 Å². The number of furan rings is 1. The predicted molar refractivity (Wildman–Crippen MR) is 258 cm³/mol. The van der Waals surface area contributed by atoms with Crippen molar-refractivity contribution in [3.8, 4) is 45.1 Å². The highest BCUT2D eigenvalue weighted by Gasteiger charge is 2.19. The van der Waals surface area contributed by atoms with Crippen molar-refractivity contribution in [1.82, 2.24) is 24.1 Å². The molecule has 0 amide bonds. The lowest BCUT2D eigenvalue weighted by atomic mass is 10.00. The van der Waals surface area contributed by atoms with Crippen LogP contribution in [0.4, 0.5) is 0 Å². The standard InChI is InChI=1S/C57H37N5O/c1-3-12-36(13-4-1)40-31-50(37-14-5-2-6-15-37)60-57(33-40)62-52-21-10-7-16-42(52)44-25-22-39(32-54(44)62)49-19-11-18-48(59-49)38-23-26-53-45(30-38)43-17-8-9-20-51(43)61(53)41-24-27-55-46(34-41)47-35-58-29-28-56(47)63-55/h1,3-5,7-35H,2,6H2. The molecule has 0 unspecified atom stereocenters. The summed E-state index contributed by atoms with van der Waals surface area (Å²) in [4.78, 5) is 15.1. The van der Waals surface area contributed by atoms with E-state index in [1.165, 1.54) is 21.5 Å². The monoisotopic (exact) mass is 807 g/mol. The number of allylic oxidation sites excluding steroid dienone is 4. The highest BCUT2D eigenvalue weighted by molar-refractivity contribution is 6.12. The molecule has 296 valence electrons. The third-order valence-electron chi connectivity index (χ3n) is 12.6. The van der Waals surface area contributed by atoms with E-state index >= 15 is 0 Å². The van der Waals surface area contributed by atoms with E-state index in [0.717, 1.165) is 113 Å². The largest absolute Gasteiger partial charge is 0.456 e. The Morgan fingerprint density at radius 1 is 0.429 bits per heavy atom. The molecular weight excluding hydrogens is 771 g/mol. The molecular formula is C57H37N5O. The van der Waals surface area contributed by atoms with E-state index in [0.29, 0.717) is 0 Å². The number of pyridine rings is 3. The summed E-state index contributed by atoms with van der Waals surface area (Å²) in [5, 5.41) is 6.78. The number of hydrogen-bond donors (Lipinski definition) is 0. The minimum absolute atomic E-state index is 0.839. The van der Waals surface area contributed by atoms with Gasteiger partial charge in [0.1, 0.15) is 17.0 Å². The zero-order valence-electron chi connectivity index (χ0n) is 34.1. The molecule has 12 aromatic rings. The maximum Gasteiger partial charge on any atom is 0.138 e. The fourth-order valence-electron chi connectivity index (χ4n) is 9.67. The molecule has 0 atom stereocenters. The molecule has 6 aromatic carbocycles. The fourth-order valence-corrected chi connectivity index (χ4v) is 9.67. The minimum Gasteiger partial charge on any atom is -0.456 e. The fraction of sp³-hybridized carbons (Fsp3) is 0.0351. The molecule has 63 heavy (non-hydrogen) atoms. The topological polar surface area (TPSA) is 61.7 Å². The van der Waals surface area contributed by atoms with E-state index < -0.39 is 0 Å². The molecule has 1 aliphatic rings. The van der Waals surface area contributed by atoms with E-state index in [9.17, 15) is 0 Å². The van der Waals surface area contributed by atoms with Gasteiger partial charge in [-0.15, -0.1) is 0 Å². The van der Waals surface area contributed by atoms with Crippen LogP contribution in [0.1, 0.15) is 18.5 Å². The molecule has 0 fully saturated rings. The number of rotatable bonds is 6. The summed E-state index contributed by atoms with van der Waals surface area (Å²) < 4.78 is 10.8. The average molecular weight is 808 g/mol. The van der Waals surface area contributed by atoms with Gasteiger partial charge in [-0.2, -0.15) is 0 Å². The third kappa shape index (κ3) is 5.76. The Hall–Kier alpha value is -8.35. The van der Waals surface area contributed by atoms with Crippen molar-refractivity contribution >= 4 is 71.1 Å². The average Bonchev–Trinajstić information content (AvgIpc) is 4.01. The summed E-state index contributed by atoms with van der Waals surface area (Å²) in [7, 11) is 0. The van der Waals surface area contributed by atoms with Gasteiger partial charge in [0.2, 0.25) is 0 Å². The Morgan fingerprint density at radius 2 is 1.16 bits per heavy atom. The summed E-state index contributed by atoms with van der Waals surface area (Å²) in [5.41, 5.74) is 15.6. The molecule has 0 radical (unpaired) electrons. The van der Waals surface area contributed by atoms with E-state index in [2.05, 4.69) is 196 Å². The van der Waals surface area contributed by atoms with Crippen molar-refractivity contribution in [2.75, 3.05) is 0 Å². The van der Waals surface area contributed by atoms with Gasteiger partial charge in [-0.05, 0) is 108 Å².